The molecule has 2 aromatic heterocycles. The van der Waals surface area contributed by atoms with Crippen LogP contribution in [-0.2, 0) is 11.3 Å². The SMILES string of the molecule is CCN(Cc1ccc(Br)s1)C(=O)C(C)n1c(=O)oc2ccccc21. The van der Waals surface area contributed by atoms with Gasteiger partial charge in [0.25, 0.3) is 0 Å². The number of rotatable bonds is 5. The zero-order valence-electron chi connectivity index (χ0n) is 13.4. The molecule has 0 spiro atoms. The molecule has 1 aromatic carbocycles. The summed E-state index contributed by atoms with van der Waals surface area (Å²) >= 11 is 5.03. The van der Waals surface area contributed by atoms with E-state index in [1.807, 2.05) is 25.1 Å². The standard InChI is InChI=1S/C17H17BrN2O3S/c1-3-19(10-12-8-9-15(18)24-12)16(21)11(2)20-13-6-4-5-7-14(13)23-17(20)22/h4-9,11H,3,10H2,1-2H3. The largest absolute Gasteiger partial charge is 0.420 e. The summed E-state index contributed by atoms with van der Waals surface area (Å²) in [5, 5.41) is 0. The molecule has 1 atom stereocenters. The molecule has 1 unspecified atom stereocenters. The van der Waals surface area contributed by atoms with Crippen molar-refractivity contribution in [1.29, 1.82) is 0 Å². The van der Waals surface area contributed by atoms with E-state index in [1.54, 1.807) is 41.4 Å². The first-order chi connectivity index (χ1) is 11.5. The van der Waals surface area contributed by atoms with Crippen molar-refractivity contribution in [3.05, 3.63) is 55.6 Å². The van der Waals surface area contributed by atoms with Crippen LogP contribution in [0.2, 0.25) is 0 Å². The number of thiophene rings is 1. The number of amides is 1. The number of carbonyl (C=O) groups is 1. The molecule has 0 saturated heterocycles. The van der Waals surface area contributed by atoms with Gasteiger partial charge in [0.15, 0.2) is 5.58 Å². The van der Waals surface area contributed by atoms with Crippen LogP contribution >= 0.6 is 27.3 Å². The Kier molecular flexibility index (Phi) is 4.91. The van der Waals surface area contributed by atoms with Gasteiger partial charge in [-0.05, 0) is 54.0 Å². The first-order valence-electron chi connectivity index (χ1n) is 7.64. The maximum absolute atomic E-state index is 12.9. The molecule has 5 nitrogen and oxygen atoms in total. The Hall–Kier alpha value is -1.86. The van der Waals surface area contributed by atoms with Crippen LogP contribution in [0.3, 0.4) is 0 Å². The number of likely N-dealkylation sites (N-methyl/N-ethyl adjacent to an activating group) is 1. The van der Waals surface area contributed by atoms with Crippen molar-refractivity contribution in [3.63, 3.8) is 0 Å². The minimum absolute atomic E-state index is 0.101. The number of halogens is 1. The van der Waals surface area contributed by atoms with Gasteiger partial charge >= 0.3 is 5.76 Å². The van der Waals surface area contributed by atoms with E-state index < -0.39 is 11.8 Å². The fourth-order valence-electron chi connectivity index (χ4n) is 2.70. The van der Waals surface area contributed by atoms with Crippen LogP contribution in [-0.4, -0.2) is 21.9 Å². The van der Waals surface area contributed by atoms with Crippen molar-refractivity contribution < 1.29 is 9.21 Å². The predicted molar refractivity (Wildman–Crippen MR) is 98.3 cm³/mol. The number of benzene rings is 1. The molecule has 24 heavy (non-hydrogen) atoms. The van der Waals surface area contributed by atoms with Crippen molar-refractivity contribution in [2.75, 3.05) is 6.54 Å². The summed E-state index contributed by atoms with van der Waals surface area (Å²) in [5.74, 6) is -0.609. The molecule has 0 aliphatic heterocycles. The van der Waals surface area contributed by atoms with E-state index in [-0.39, 0.29) is 5.91 Å². The van der Waals surface area contributed by atoms with Crippen LogP contribution < -0.4 is 5.76 Å². The van der Waals surface area contributed by atoms with E-state index >= 15 is 0 Å². The molecular formula is C17H17BrN2O3S. The third kappa shape index (κ3) is 3.18. The van der Waals surface area contributed by atoms with Gasteiger partial charge in [0.2, 0.25) is 5.91 Å². The van der Waals surface area contributed by atoms with Gasteiger partial charge in [0.05, 0.1) is 15.8 Å². The number of fused-ring (bicyclic) bond motifs is 1. The van der Waals surface area contributed by atoms with Gasteiger partial charge in [-0.3, -0.25) is 9.36 Å². The molecule has 0 fully saturated rings. The summed E-state index contributed by atoms with van der Waals surface area (Å²) in [7, 11) is 0. The Morgan fingerprint density at radius 2 is 2.08 bits per heavy atom. The molecule has 0 bridgehead atoms. The fraction of sp³-hybridized carbons (Fsp3) is 0.294. The second-order valence-electron chi connectivity index (χ2n) is 5.44. The smallest absolute Gasteiger partial charge is 0.408 e. The zero-order chi connectivity index (χ0) is 17.3. The number of hydrogen-bond acceptors (Lipinski definition) is 4. The number of hydrogen-bond donors (Lipinski definition) is 0. The predicted octanol–water partition coefficient (Wildman–Crippen LogP) is 4.03. The highest BCUT2D eigenvalue weighted by Crippen LogP contribution is 2.24. The van der Waals surface area contributed by atoms with Gasteiger partial charge in [-0.15, -0.1) is 11.3 Å². The van der Waals surface area contributed by atoms with Gasteiger partial charge < -0.3 is 9.32 Å². The van der Waals surface area contributed by atoms with E-state index in [2.05, 4.69) is 15.9 Å². The van der Waals surface area contributed by atoms with Gasteiger partial charge in [0.1, 0.15) is 6.04 Å². The van der Waals surface area contributed by atoms with Crippen molar-refractivity contribution in [1.82, 2.24) is 9.47 Å². The summed E-state index contributed by atoms with van der Waals surface area (Å²) in [5.41, 5.74) is 1.13. The molecule has 3 aromatic rings. The van der Waals surface area contributed by atoms with Gasteiger partial charge in [-0.25, -0.2) is 4.79 Å². The van der Waals surface area contributed by atoms with Gasteiger partial charge in [-0.1, -0.05) is 12.1 Å². The van der Waals surface area contributed by atoms with Crippen LogP contribution in [0.5, 0.6) is 0 Å². The molecule has 0 N–H and O–H groups in total. The number of aromatic nitrogens is 1. The first-order valence-corrected chi connectivity index (χ1v) is 9.25. The highest BCUT2D eigenvalue weighted by atomic mass is 79.9. The summed E-state index contributed by atoms with van der Waals surface area (Å²) in [6.07, 6.45) is 0. The normalized spacial score (nSPS) is 12.5. The zero-order valence-corrected chi connectivity index (χ0v) is 15.8. The van der Waals surface area contributed by atoms with E-state index in [0.29, 0.717) is 24.2 Å². The summed E-state index contributed by atoms with van der Waals surface area (Å²) < 4.78 is 7.69. The summed E-state index contributed by atoms with van der Waals surface area (Å²) in [6, 6.07) is 10.5. The maximum atomic E-state index is 12.9. The molecule has 0 aliphatic rings. The molecule has 3 rings (SSSR count). The molecule has 2 heterocycles. The molecule has 126 valence electrons. The lowest BCUT2D eigenvalue weighted by atomic mass is 10.2. The maximum Gasteiger partial charge on any atom is 0.420 e. The monoisotopic (exact) mass is 408 g/mol. The van der Waals surface area contributed by atoms with Crippen molar-refractivity contribution in [3.8, 4) is 0 Å². The second kappa shape index (κ2) is 6.94. The number of nitrogens with zero attached hydrogens (tertiary/aromatic N) is 2. The van der Waals surface area contributed by atoms with E-state index in [0.717, 1.165) is 8.66 Å². The Morgan fingerprint density at radius 1 is 1.33 bits per heavy atom. The minimum Gasteiger partial charge on any atom is -0.408 e. The molecule has 7 heteroatoms. The van der Waals surface area contributed by atoms with Crippen molar-refractivity contribution in [2.45, 2.75) is 26.4 Å². The number of para-hydroxylation sites is 2. The summed E-state index contributed by atoms with van der Waals surface area (Å²) in [4.78, 5) is 27.9. The quantitative estimate of drug-likeness (QED) is 0.640. The molecule has 0 radical (unpaired) electrons. The van der Waals surface area contributed by atoms with E-state index in [9.17, 15) is 9.59 Å². The average molecular weight is 409 g/mol. The second-order valence-corrected chi connectivity index (χ2v) is 7.99. The Morgan fingerprint density at radius 3 is 2.75 bits per heavy atom. The Bertz CT molecular complexity index is 927. The third-order valence-electron chi connectivity index (χ3n) is 3.93. The molecule has 0 aliphatic carbocycles. The lowest BCUT2D eigenvalue weighted by Crippen LogP contribution is -2.37. The minimum atomic E-state index is -0.621. The summed E-state index contributed by atoms with van der Waals surface area (Å²) in [6.45, 7) is 4.77. The van der Waals surface area contributed by atoms with Crippen molar-refractivity contribution >= 4 is 44.3 Å². The lowest BCUT2D eigenvalue weighted by molar-refractivity contribution is -0.134. The van der Waals surface area contributed by atoms with Crippen LogP contribution in [0.1, 0.15) is 24.8 Å². The van der Waals surface area contributed by atoms with Gasteiger partial charge in [0, 0.05) is 11.4 Å². The topological polar surface area (TPSA) is 55.5 Å². The first kappa shape index (κ1) is 17.0. The van der Waals surface area contributed by atoms with E-state index in [1.165, 1.54) is 4.57 Å². The fourth-order valence-corrected chi connectivity index (χ4v) is 4.19. The van der Waals surface area contributed by atoms with Gasteiger partial charge in [-0.2, -0.15) is 0 Å². The van der Waals surface area contributed by atoms with Crippen LogP contribution in [0.15, 0.2) is 49.4 Å². The lowest BCUT2D eigenvalue weighted by Gasteiger charge is -2.24. The highest BCUT2D eigenvalue weighted by Gasteiger charge is 2.25. The molecule has 1 amide bonds. The van der Waals surface area contributed by atoms with Crippen LogP contribution in [0, 0.1) is 0 Å². The average Bonchev–Trinajstić information content (AvgIpc) is 3.13. The third-order valence-corrected chi connectivity index (χ3v) is 5.54. The van der Waals surface area contributed by atoms with Crippen LogP contribution in [0.4, 0.5) is 0 Å². The Balaban J connectivity index is 1.89. The Labute approximate surface area is 151 Å². The number of carbonyl (C=O) groups excluding carboxylic acids is 1. The number of oxazole rings is 1. The molecule has 0 saturated carbocycles. The van der Waals surface area contributed by atoms with Crippen LogP contribution in [0.25, 0.3) is 11.1 Å². The van der Waals surface area contributed by atoms with Crippen molar-refractivity contribution in [2.24, 2.45) is 0 Å². The highest BCUT2D eigenvalue weighted by molar-refractivity contribution is 9.11. The molecular weight excluding hydrogens is 392 g/mol. The van der Waals surface area contributed by atoms with E-state index in [4.69, 9.17) is 4.42 Å².